The number of hydrogen-bond donors (Lipinski definition) is 2. The van der Waals surface area contributed by atoms with Crippen LogP contribution in [-0.2, 0) is 0 Å². The SMILES string of the molecule is CSC1=C(CCNC(=O)c2ccc(O)c(Br)c2)N(C)CN1C. The Morgan fingerprint density at radius 3 is 2.77 bits per heavy atom. The molecule has 2 N–H and O–H groups in total. The van der Waals surface area contributed by atoms with Gasteiger partial charge in [-0.3, -0.25) is 4.79 Å². The maximum atomic E-state index is 12.1. The molecule has 5 nitrogen and oxygen atoms in total. The van der Waals surface area contributed by atoms with Crippen molar-refractivity contribution in [1.82, 2.24) is 15.1 Å². The summed E-state index contributed by atoms with van der Waals surface area (Å²) in [5, 5.41) is 13.6. The highest BCUT2D eigenvalue weighted by atomic mass is 79.9. The minimum atomic E-state index is -0.138. The lowest BCUT2D eigenvalue weighted by Gasteiger charge is -2.16. The van der Waals surface area contributed by atoms with Gasteiger partial charge in [0.2, 0.25) is 0 Å². The number of carbonyl (C=O) groups excluding carboxylic acids is 1. The highest BCUT2D eigenvalue weighted by Gasteiger charge is 2.22. The molecule has 7 heteroatoms. The number of rotatable bonds is 5. The van der Waals surface area contributed by atoms with Crippen molar-refractivity contribution in [3.8, 4) is 5.75 Å². The van der Waals surface area contributed by atoms with Crippen molar-refractivity contribution < 1.29 is 9.90 Å². The van der Waals surface area contributed by atoms with E-state index in [1.807, 2.05) is 0 Å². The molecule has 1 aromatic carbocycles. The standard InChI is InChI=1S/C15H20BrN3O2S/c1-18-9-19(2)15(22-3)12(18)6-7-17-14(21)10-4-5-13(20)11(16)8-10/h4-5,8,20H,6-7,9H2,1-3H3,(H,17,21). The lowest BCUT2D eigenvalue weighted by atomic mass is 10.2. The fraction of sp³-hybridized carbons (Fsp3) is 0.400. The fourth-order valence-corrected chi connectivity index (χ4v) is 3.71. The third-order valence-corrected chi connectivity index (χ3v) is 5.10. The molecule has 2 rings (SSSR count). The summed E-state index contributed by atoms with van der Waals surface area (Å²) in [5.74, 6) is -0.0112. The van der Waals surface area contributed by atoms with Crippen LogP contribution >= 0.6 is 27.7 Å². The van der Waals surface area contributed by atoms with Crippen LogP contribution in [0.1, 0.15) is 16.8 Å². The number of halogens is 1. The Morgan fingerprint density at radius 1 is 1.41 bits per heavy atom. The average Bonchev–Trinajstić information content (AvgIpc) is 2.75. The molecule has 1 heterocycles. The lowest BCUT2D eigenvalue weighted by Crippen LogP contribution is -2.26. The number of nitrogens with zero attached hydrogens (tertiary/aromatic N) is 2. The van der Waals surface area contributed by atoms with Crippen LogP contribution in [0.2, 0.25) is 0 Å². The smallest absolute Gasteiger partial charge is 0.251 e. The first-order valence-corrected chi connectivity index (χ1v) is 8.92. The van der Waals surface area contributed by atoms with Gasteiger partial charge < -0.3 is 20.2 Å². The highest BCUT2D eigenvalue weighted by Crippen LogP contribution is 2.30. The zero-order chi connectivity index (χ0) is 16.3. The molecule has 0 saturated heterocycles. The van der Waals surface area contributed by atoms with Gasteiger partial charge in [0.25, 0.3) is 5.91 Å². The van der Waals surface area contributed by atoms with Crippen molar-refractivity contribution in [2.24, 2.45) is 0 Å². The second kappa shape index (κ2) is 7.28. The van der Waals surface area contributed by atoms with Crippen LogP contribution in [0.4, 0.5) is 0 Å². The van der Waals surface area contributed by atoms with Crippen LogP contribution in [-0.4, -0.2) is 54.4 Å². The van der Waals surface area contributed by atoms with Gasteiger partial charge in [0.15, 0.2) is 0 Å². The summed E-state index contributed by atoms with van der Waals surface area (Å²) in [6.07, 6.45) is 2.86. The predicted molar refractivity (Wildman–Crippen MR) is 93.7 cm³/mol. The van der Waals surface area contributed by atoms with Crippen LogP contribution in [0.25, 0.3) is 0 Å². The Kier molecular flexibility index (Phi) is 5.63. The van der Waals surface area contributed by atoms with Crippen LogP contribution in [0.3, 0.4) is 0 Å². The van der Waals surface area contributed by atoms with E-state index in [-0.39, 0.29) is 11.7 Å². The van der Waals surface area contributed by atoms with Crippen LogP contribution in [0, 0.1) is 0 Å². The van der Waals surface area contributed by atoms with Gasteiger partial charge in [-0.2, -0.15) is 0 Å². The van der Waals surface area contributed by atoms with E-state index < -0.39 is 0 Å². The molecule has 0 aromatic heterocycles. The summed E-state index contributed by atoms with van der Waals surface area (Å²) >= 11 is 4.94. The normalized spacial score (nSPS) is 14.7. The van der Waals surface area contributed by atoms with Gasteiger partial charge in [0.1, 0.15) is 5.75 Å². The number of carbonyl (C=O) groups is 1. The second-order valence-corrected chi connectivity index (χ2v) is 6.81. The number of aromatic hydroxyl groups is 1. The molecule has 0 atom stereocenters. The van der Waals surface area contributed by atoms with Gasteiger partial charge in [0, 0.05) is 38.3 Å². The third-order valence-electron chi connectivity index (χ3n) is 3.53. The number of nitrogens with one attached hydrogen (secondary N) is 1. The van der Waals surface area contributed by atoms with E-state index in [4.69, 9.17) is 0 Å². The zero-order valence-electron chi connectivity index (χ0n) is 12.9. The molecule has 0 fully saturated rings. The number of phenolic OH excluding ortho intramolecular Hbond substituents is 1. The Hall–Kier alpha value is -1.34. The number of phenols is 1. The van der Waals surface area contributed by atoms with Gasteiger partial charge >= 0.3 is 0 Å². The van der Waals surface area contributed by atoms with E-state index in [0.717, 1.165) is 13.1 Å². The minimum absolute atomic E-state index is 0.127. The molecule has 0 saturated carbocycles. The number of amides is 1. The summed E-state index contributed by atoms with van der Waals surface area (Å²) in [5.41, 5.74) is 1.78. The van der Waals surface area contributed by atoms with Gasteiger partial charge in [-0.15, -0.1) is 11.8 Å². The summed E-state index contributed by atoms with van der Waals surface area (Å²) in [4.78, 5) is 16.5. The van der Waals surface area contributed by atoms with Gasteiger partial charge in [0.05, 0.1) is 16.2 Å². The second-order valence-electron chi connectivity index (χ2n) is 5.17. The van der Waals surface area contributed by atoms with E-state index in [9.17, 15) is 9.90 Å². The Morgan fingerprint density at radius 2 is 2.14 bits per heavy atom. The van der Waals surface area contributed by atoms with Gasteiger partial charge in [-0.25, -0.2) is 0 Å². The molecule has 0 radical (unpaired) electrons. The van der Waals surface area contributed by atoms with Crippen LogP contribution < -0.4 is 5.32 Å². The Labute approximate surface area is 143 Å². The first kappa shape index (κ1) is 17.0. The lowest BCUT2D eigenvalue weighted by molar-refractivity contribution is 0.0953. The van der Waals surface area contributed by atoms with Crippen molar-refractivity contribution >= 4 is 33.6 Å². The first-order chi connectivity index (χ1) is 10.4. The number of thioether (sulfide) groups is 1. The van der Waals surface area contributed by atoms with E-state index in [2.05, 4.69) is 51.4 Å². The van der Waals surface area contributed by atoms with Crippen molar-refractivity contribution in [2.45, 2.75) is 6.42 Å². The average molecular weight is 386 g/mol. The quantitative estimate of drug-likeness (QED) is 0.815. The monoisotopic (exact) mass is 385 g/mol. The molecule has 1 aromatic rings. The predicted octanol–water partition coefficient (Wildman–Crippen LogP) is 2.64. The summed E-state index contributed by atoms with van der Waals surface area (Å²) < 4.78 is 0.518. The molecule has 0 spiro atoms. The molecule has 1 amide bonds. The van der Waals surface area contributed by atoms with Crippen LogP contribution in [0.15, 0.2) is 33.4 Å². The number of hydrogen-bond acceptors (Lipinski definition) is 5. The third kappa shape index (κ3) is 3.70. The molecular formula is C15H20BrN3O2S. The van der Waals surface area contributed by atoms with Crippen LogP contribution in [0.5, 0.6) is 5.75 Å². The fourth-order valence-electron chi connectivity index (χ4n) is 2.47. The largest absolute Gasteiger partial charge is 0.507 e. The highest BCUT2D eigenvalue weighted by molar-refractivity contribution is 9.10. The maximum Gasteiger partial charge on any atom is 0.251 e. The van der Waals surface area contributed by atoms with Crippen molar-refractivity contribution in [3.05, 3.63) is 39.0 Å². The first-order valence-electron chi connectivity index (χ1n) is 6.90. The molecule has 22 heavy (non-hydrogen) atoms. The maximum absolute atomic E-state index is 12.1. The molecule has 0 aliphatic carbocycles. The molecule has 0 bridgehead atoms. The van der Waals surface area contributed by atoms with Crippen molar-refractivity contribution in [2.75, 3.05) is 33.6 Å². The molecule has 0 unspecified atom stereocenters. The Bertz CT molecular complexity index is 606. The Balaban J connectivity index is 1.94. The van der Waals surface area contributed by atoms with E-state index in [1.165, 1.54) is 16.8 Å². The van der Waals surface area contributed by atoms with Crippen molar-refractivity contribution in [1.29, 1.82) is 0 Å². The molecule has 1 aliphatic heterocycles. The van der Waals surface area contributed by atoms with E-state index in [0.29, 0.717) is 16.6 Å². The molecular weight excluding hydrogens is 366 g/mol. The summed E-state index contributed by atoms with van der Waals surface area (Å²) in [6, 6.07) is 4.73. The minimum Gasteiger partial charge on any atom is -0.507 e. The topological polar surface area (TPSA) is 55.8 Å². The number of benzene rings is 1. The van der Waals surface area contributed by atoms with Gasteiger partial charge in [-0.05, 0) is 40.4 Å². The van der Waals surface area contributed by atoms with E-state index in [1.54, 1.807) is 23.9 Å². The molecule has 1 aliphatic rings. The zero-order valence-corrected chi connectivity index (χ0v) is 15.3. The van der Waals surface area contributed by atoms with Crippen molar-refractivity contribution in [3.63, 3.8) is 0 Å². The summed E-state index contributed by atoms with van der Waals surface area (Å²) in [7, 11) is 4.13. The van der Waals surface area contributed by atoms with E-state index >= 15 is 0 Å². The van der Waals surface area contributed by atoms with Gasteiger partial charge in [-0.1, -0.05) is 0 Å². The molecule has 120 valence electrons. The summed E-state index contributed by atoms with van der Waals surface area (Å²) in [6.45, 7) is 1.46.